The van der Waals surface area contributed by atoms with Gasteiger partial charge >= 0.3 is 0 Å². The zero-order valence-corrected chi connectivity index (χ0v) is 7.21. The zero-order valence-electron chi connectivity index (χ0n) is 6.40. The number of hydrogen-bond donors (Lipinski definition) is 2. The van der Waals surface area contributed by atoms with E-state index in [2.05, 4.69) is 9.71 Å². The number of nitrogens with two attached hydrogens (primary N) is 1. The van der Waals surface area contributed by atoms with Gasteiger partial charge in [0, 0.05) is 17.5 Å². The Morgan fingerprint density at radius 1 is 1.33 bits per heavy atom. The van der Waals surface area contributed by atoms with Gasteiger partial charge in [0.1, 0.15) is 0 Å². The Labute approximate surface area is 75.2 Å². The first-order valence-corrected chi connectivity index (χ1v) is 4.44. The van der Waals surface area contributed by atoms with E-state index in [-0.39, 0.29) is 0 Å². The Morgan fingerprint density at radius 3 is 2.67 bits per heavy atom. The molecule has 2 rings (SSSR count). The first kappa shape index (κ1) is 7.64. The highest BCUT2D eigenvalue weighted by Gasteiger charge is 2.29. The lowest BCUT2D eigenvalue weighted by atomic mass is 10.2. The van der Waals surface area contributed by atoms with Crippen LogP contribution in [0.25, 0.3) is 0 Å². The summed E-state index contributed by atoms with van der Waals surface area (Å²) in [7, 11) is 0. The normalized spacial score (nSPS) is 27.1. The van der Waals surface area contributed by atoms with Gasteiger partial charge in [-0.05, 0) is 0 Å². The minimum Gasteiger partial charge on any atom is -0.317 e. The molecule has 1 atom stereocenters. The molecular formula is C8H9N3S. The Balaban J connectivity index is 2.36. The molecule has 1 heterocycles. The third-order valence-electron chi connectivity index (χ3n) is 1.71. The topological polar surface area (TPSA) is 50.4 Å². The van der Waals surface area contributed by atoms with Crippen LogP contribution in [0.5, 0.6) is 0 Å². The fraction of sp³-hybridized carbons (Fsp3) is 0.125. The van der Waals surface area contributed by atoms with Gasteiger partial charge in [-0.1, -0.05) is 30.3 Å². The number of nitrogens with zero attached hydrogens (tertiary/aromatic N) is 1. The fourth-order valence-electron chi connectivity index (χ4n) is 1.08. The Bertz CT molecular complexity index is 298. The molecule has 0 bridgehead atoms. The van der Waals surface area contributed by atoms with Gasteiger partial charge in [0.15, 0.2) is 0 Å². The van der Waals surface area contributed by atoms with E-state index in [9.17, 15) is 0 Å². The lowest BCUT2D eigenvalue weighted by Gasteiger charge is -2.18. The highest BCUT2D eigenvalue weighted by Crippen LogP contribution is 2.32. The quantitative estimate of drug-likeness (QED) is 0.633. The molecule has 0 amide bonds. The minimum absolute atomic E-state index is 0.638. The van der Waals surface area contributed by atoms with Crippen LogP contribution in [0.2, 0.25) is 0 Å². The third-order valence-corrected chi connectivity index (χ3v) is 2.59. The monoisotopic (exact) mass is 179 g/mol. The van der Waals surface area contributed by atoms with Crippen LogP contribution in [0.1, 0.15) is 5.56 Å². The molecule has 4 heteroatoms. The smallest absolute Gasteiger partial charge is 0.201 e. The predicted octanol–water partition coefficient (Wildman–Crippen LogP) is 1.04. The van der Waals surface area contributed by atoms with Gasteiger partial charge in [0.25, 0.3) is 0 Å². The summed E-state index contributed by atoms with van der Waals surface area (Å²) in [6, 6.07) is 9.81. The van der Waals surface area contributed by atoms with Gasteiger partial charge in [0.05, 0.1) is 6.34 Å². The van der Waals surface area contributed by atoms with Gasteiger partial charge in [-0.2, -0.15) is 0 Å². The van der Waals surface area contributed by atoms with Crippen molar-refractivity contribution in [2.45, 2.75) is 4.99 Å². The summed E-state index contributed by atoms with van der Waals surface area (Å²) in [5.41, 5.74) is 6.99. The molecule has 0 saturated carbocycles. The van der Waals surface area contributed by atoms with Crippen molar-refractivity contribution in [1.82, 2.24) is 4.72 Å². The molecule has 0 radical (unpaired) electrons. The van der Waals surface area contributed by atoms with Gasteiger partial charge in [-0.3, -0.25) is 5.73 Å². The van der Waals surface area contributed by atoms with Crippen molar-refractivity contribution >= 4 is 18.3 Å². The molecule has 0 saturated heterocycles. The maximum Gasteiger partial charge on any atom is 0.201 e. The average molecular weight is 179 g/mol. The van der Waals surface area contributed by atoms with E-state index < -0.39 is 4.99 Å². The van der Waals surface area contributed by atoms with Crippen LogP contribution >= 0.6 is 11.9 Å². The number of nitrogens with one attached hydrogen (secondary N) is 1. The molecule has 1 unspecified atom stereocenters. The van der Waals surface area contributed by atoms with E-state index in [0.717, 1.165) is 5.56 Å². The number of rotatable bonds is 1. The molecule has 62 valence electrons. The second-order valence-corrected chi connectivity index (χ2v) is 3.60. The second-order valence-electron chi connectivity index (χ2n) is 2.54. The Morgan fingerprint density at radius 2 is 2.08 bits per heavy atom. The summed E-state index contributed by atoms with van der Waals surface area (Å²) in [5.74, 6) is 0. The zero-order chi connectivity index (χ0) is 8.44. The third kappa shape index (κ3) is 1.19. The van der Waals surface area contributed by atoms with E-state index in [4.69, 9.17) is 5.73 Å². The summed E-state index contributed by atoms with van der Waals surface area (Å²) >= 11 is 1.40. The average Bonchev–Trinajstić information content (AvgIpc) is 2.55. The van der Waals surface area contributed by atoms with Crippen LogP contribution in [0.15, 0.2) is 35.3 Å². The van der Waals surface area contributed by atoms with Crippen LogP contribution in [0.4, 0.5) is 0 Å². The lowest BCUT2D eigenvalue weighted by Crippen LogP contribution is -2.28. The van der Waals surface area contributed by atoms with Crippen molar-refractivity contribution < 1.29 is 0 Å². The minimum atomic E-state index is -0.638. The van der Waals surface area contributed by atoms with E-state index >= 15 is 0 Å². The number of aliphatic imine (C=N–C) groups is 1. The SMILES string of the molecule is NC1(c2ccccc2)N=CNS1. The van der Waals surface area contributed by atoms with Crippen LogP contribution in [0, 0.1) is 0 Å². The first-order valence-electron chi connectivity index (χ1n) is 3.63. The van der Waals surface area contributed by atoms with Crippen LogP contribution in [-0.2, 0) is 4.99 Å². The Kier molecular flexibility index (Phi) is 1.78. The maximum atomic E-state index is 5.98. The molecule has 3 N–H and O–H groups in total. The van der Waals surface area contributed by atoms with Crippen molar-refractivity contribution in [3.05, 3.63) is 35.9 Å². The molecular weight excluding hydrogens is 170 g/mol. The molecule has 1 aliphatic heterocycles. The molecule has 3 nitrogen and oxygen atoms in total. The van der Waals surface area contributed by atoms with Crippen molar-refractivity contribution in [2.75, 3.05) is 0 Å². The summed E-state index contributed by atoms with van der Waals surface area (Å²) in [4.78, 5) is 3.50. The van der Waals surface area contributed by atoms with Gasteiger partial charge < -0.3 is 4.72 Å². The van der Waals surface area contributed by atoms with Gasteiger partial charge in [0.2, 0.25) is 4.99 Å². The molecule has 0 aromatic heterocycles. The van der Waals surface area contributed by atoms with E-state index in [1.54, 1.807) is 6.34 Å². The maximum absolute atomic E-state index is 5.98. The van der Waals surface area contributed by atoms with Crippen molar-refractivity contribution in [3.8, 4) is 0 Å². The van der Waals surface area contributed by atoms with E-state index in [1.807, 2.05) is 30.3 Å². The fourth-order valence-corrected chi connectivity index (χ4v) is 1.72. The van der Waals surface area contributed by atoms with E-state index in [0.29, 0.717) is 0 Å². The summed E-state index contributed by atoms with van der Waals surface area (Å²) in [6.07, 6.45) is 1.62. The van der Waals surface area contributed by atoms with Gasteiger partial charge in [-0.25, -0.2) is 4.99 Å². The van der Waals surface area contributed by atoms with Crippen molar-refractivity contribution in [1.29, 1.82) is 0 Å². The van der Waals surface area contributed by atoms with Gasteiger partial charge in [-0.15, -0.1) is 0 Å². The molecule has 12 heavy (non-hydrogen) atoms. The van der Waals surface area contributed by atoms with Crippen LogP contribution < -0.4 is 10.5 Å². The largest absolute Gasteiger partial charge is 0.317 e. The molecule has 0 aliphatic carbocycles. The number of hydrogen-bond acceptors (Lipinski definition) is 4. The molecule has 1 aliphatic rings. The van der Waals surface area contributed by atoms with Crippen LogP contribution in [0.3, 0.4) is 0 Å². The predicted molar refractivity (Wildman–Crippen MR) is 51.5 cm³/mol. The summed E-state index contributed by atoms with van der Waals surface area (Å²) in [6.45, 7) is 0. The highest BCUT2D eigenvalue weighted by atomic mass is 32.2. The molecule has 1 aromatic rings. The number of benzene rings is 1. The highest BCUT2D eigenvalue weighted by molar-refractivity contribution is 7.99. The van der Waals surface area contributed by atoms with E-state index in [1.165, 1.54) is 11.9 Å². The van der Waals surface area contributed by atoms with Crippen LogP contribution in [-0.4, -0.2) is 6.34 Å². The molecule has 0 fully saturated rings. The Hall–Kier alpha value is -1.000. The van der Waals surface area contributed by atoms with Crippen molar-refractivity contribution in [2.24, 2.45) is 10.7 Å². The second kappa shape index (κ2) is 2.80. The van der Waals surface area contributed by atoms with Crippen molar-refractivity contribution in [3.63, 3.8) is 0 Å². The summed E-state index contributed by atoms with van der Waals surface area (Å²) in [5, 5.41) is 0. The lowest BCUT2D eigenvalue weighted by molar-refractivity contribution is 0.712. The molecule has 0 spiro atoms. The standard InChI is InChI=1S/C8H9N3S/c9-8(10-6-11-12-8)7-4-2-1-3-5-7/h1-6H,9H2,(H,10,11). The first-order chi connectivity index (χ1) is 5.81. The molecule has 1 aromatic carbocycles. The summed E-state index contributed by atoms with van der Waals surface area (Å²) < 4.78 is 2.91.